The van der Waals surface area contributed by atoms with Crippen molar-refractivity contribution in [1.29, 1.82) is 0 Å². The van der Waals surface area contributed by atoms with E-state index in [4.69, 9.17) is 4.74 Å². The van der Waals surface area contributed by atoms with Crippen LogP contribution in [0.3, 0.4) is 0 Å². The highest BCUT2D eigenvalue weighted by atomic mass is 16.6. The maximum absolute atomic E-state index is 13.2. The highest BCUT2D eigenvalue weighted by Crippen LogP contribution is 2.29. The Bertz CT molecular complexity index is 928. The zero-order chi connectivity index (χ0) is 21.8. The number of piperazine rings is 1. The molecule has 2 saturated heterocycles. The van der Waals surface area contributed by atoms with E-state index in [0.717, 1.165) is 43.9 Å². The molecule has 2 aromatic rings. The number of methoxy groups -OCH3 is 1. The van der Waals surface area contributed by atoms with Crippen LogP contribution in [0.4, 0.5) is 17.2 Å². The van der Waals surface area contributed by atoms with Crippen LogP contribution in [0.1, 0.15) is 12.8 Å². The zero-order valence-corrected chi connectivity index (χ0v) is 17.6. The number of hydrogen-bond acceptors (Lipinski definition) is 7. The standard InChI is InChI=1S/C22H27N5O4/c1-31-20-7-3-2-6-19(20)24-11-13-25(14-12-24)22(28)17-5-4-10-26(16-17)21-9-8-18(15-23-21)27(29)30/h2-3,6-9,15,17H,4-5,10-14,16H2,1H3. The van der Waals surface area contributed by atoms with Crippen LogP contribution in [0.2, 0.25) is 0 Å². The summed E-state index contributed by atoms with van der Waals surface area (Å²) in [5.74, 6) is 1.64. The van der Waals surface area contributed by atoms with E-state index < -0.39 is 4.92 Å². The molecule has 0 spiro atoms. The SMILES string of the molecule is COc1ccccc1N1CCN(C(=O)C2CCCN(c3ccc([N+](=O)[O-])cn3)C2)CC1. The number of pyridine rings is 1. The van der Waals surface area contributed by atoms with Gasteiger partial charge in [-0.2, -0.15) is 0 Å². The third-order valence-corrected chi connectivity index (χ3v) is 6.05. The summed E-state index contributed by atoms with van der Waals surface area (Å²) in [6, 6.07) is 11.1. The fourth-order valence-electron chi connectivity index (χ4n) is 4.38. The molecule has 2 fully saturated rings. The van der Waals surface area contributed by atoms with Crippen molar-refractivity contribution in [2.75, 3.05) is 56.2 Å². The minimum atomic E-state index is -0.454. The Kier molecular flexibility index (Phi) is 6.20. The number of carbonyl (C=O) groups excluding carboxylic acids is 1. The molecule has 1 amide bonds. The summed E-state index contributed by atoms with van der Waals surface area (Å²) in [6.07, 6.45) is 3.03. The van der Waals surface area contributed by atoms with Crippen LogP contribution in [0.5, 0.6) is 5.75 Å². The zero-order valence-electron chi connectivity index (χ0n) is 17.6. The van der Waals surface area contributed by atoms with Crippen LogP contribution in [0.15, 0.2) is 42.6 Å². The fraction of sp³-hybridized carbons (Fsp3) is 0.455. The van der Waals surface area contributed by atoms with Crippen molar-refractivity contribution >= 4 is 23.1 Å². The maximum atomic E-state index is 13.2. The first-order valence-electron chi connectivity index (χ1n) is 10.6. The van der Waals surface area contributed by atoms with Crippen LogP contribution in [-0.4, -0.2) is 67.1 Å². The Balaban J connectivity index is 1.36. The largest absolute Gasteiger partial charge is 0.495 e. The van der Waals surface area contributed by atoms with Crippen molar-refractivity contribution in [3.8, 4) is 5.75 Å². The van der Waals surface area contributed by atoms with E-state index in [2.05, 4.69) is 14.8 Å². The molecule has 4 rings (SSSR count). The number of nitrogens with zero attached hydrogens (tertiary/aromatic N) is 5. The Morgan fingerprint density at radius 3 is 2.55 bits per heavy atom. The lowest BCUT2D eigenvalue weighted by molar-refractivity contribution is -0.385. The molecule has 3 heterocycles. The van der Waals surface area contributed by atoms with Gasteiger partial charge in [0.25, 0.3) is 5.69 Å². The lowest BCUT2D eigenvalue weighted by Crippen LogP contribution is -2.52. The summed E-state index contributed by atoms with van der Waals surface area (Å²) in [5, 5.41) is 10.8. The number of hydrogen-bond donors (Lipinski definition) is 0. The highest BCUT2D eigenvalue weighted by molar-refractivity contribution is 5.80. The number of nitro groups is 1. The van der Waals surface area contributed by atoms with Gasteiger partial charge in [-0.3, -0.25) is 14.9 Å². The van der Waals surface area contributed by atoms with Crippen molar-refractivity contribution in [1.82, 2.24) is 9.88 Å². The number of amides is 1. The summed E-state index contributed by atoms with van der Waals surface area (Å²) in [7, 11) is 1.67. The number of anilines is 2. The summed E-state index contributed by atoms with van der Waals surface area (Å²) < 4.78 is 5.47. The van der Waals surface area contributed by atoms with Gasteiger partial charge in [0.1, 0.15) is 17.8 Å². The number of carbonyl (C=O) groups is 1. The fourth-order valence-corrected chi connectivity index (χ4v) is 4.38. The predicted molar refractivity (Wildman–Crippen MR) is 118 cm³/mol. The normalized spacial score (nSPS) is 19.3. The Morgan fingerprint density at radius 1 is 1.10 bits per heavy atom. The first-order chi connectivity index (χ1) is 15.1. The molecule has 9 nitrogen and oxygen atoms in total. The lowest BCUT2D eigenvalue weighted by atomic mass is 9.96. The number of aromatic nitrogens is 1. The third kappa shape index (κ3) is 4.55. The molecule has 2 aliphatic heterocycles. The van der Waals surface area contributed by atoms with Crippen molar-refractivity contribution in [2.24, 2.45) is 5.92 Å². The van der Waals surface area contributed by atoms with Crippen LogP contribution < -0.4 is 14.5 Å². The third-order valence-electron chi connectivity index (χ3n) is 6.05. The van der Waals surface area contributed by atoms with E-state index in [9.17, 15) is 14.9 Å². The second-order valence-corrected chi connectivity index (χ2v) is 7.90. The van der Waals surface area contributed by atoms with Gasteiger partial charge in [-0.15, -0.1) is 0 Å². The van der Waals surface area contributed by atoms with E-state index in [-0.39, 0.29) is 17.5 Å². The second kappa shape index (κ2) is 9.20. The van der Waals surface area contributed by atoms with Crippen molar-refractivity contribution in [3.05, 3.63) is 52.7 Å². The predicted octanol–water partition coefficient (Wildman–Crippen LogP) is 2.56. The molecule has 1 aromatic heterocycles. The molecule has 0 N–H and O–H groups in total. The number of piperidine rings is 1. The smallest absolute Gasteiger partial charge is 0.287 e. The van der Waals surface area contributed by atoms with Gasteiger partial charge >= 0.3 is 0 Å². The second-order valence-electron chi connectivity index (χ2n) is 7.90. The van der Waals surface area contributed by atoms with Crippen LogP contribution >= 0.6 is 0 Å². The topological polar surface area (TPSA) is 92.0 Å². The molecule has 0 aliphatic carbocycles. The van der Waals surface area contributed by atoms with Gasteiger partial charge in [0, 0.05) is 45.3 Å². The van der Waals surface area contributed by atoms with Crippen LogP contribution in [-0.2, 0) is 4.79 Å². The van der Waals surface area contributed by atoms with Gasteiger partial charge in [0.05, 0.1) is 23.6 Å². The van der Waals surface area contributed by atoms with E-state index in [1.54, 1.807) is 13.2 Å². The minimum Gasteiger partial charge on any atom is -0.495 e. The molecule has 1 atom stereocenters. The molecule has 9 heteroatoms. The molecule has 31 heavy (non-hydrogen) atoms. The van der Waals surface area contributed by atoms with E-state index >= 15 is 0 Å². The quantitative estimate of drug-likeness (QED) is 0.537. The number of para-hydroxylation sites is 2. The molecular weight excluding hydrogens is 398 g/mol. The first-order valence-corrected chi connectivity index (χ1v) is 10.6. The molecule has 0 radical (unpaired) electrons. The molecule has 1 unspecified atom stereocenters. The van der Waals surface area contributed by atoms with Crippen molar-refractivity contribution in [3.63, 3.8) is 0 Å². The van der Waals surface area contributed by atoms with E-state index in [0.29, 0.717) is 25.5 Å². The van der Waals surface area contributed by atoms with Gasteiger partial charge < -0.3 is 19.4 Å². The average Bonchev–Trinajstić information content (AvgIpc) is 2.84. The van der Waals surface area contributed by atoms with Gasteiger partial charge in [-0.05, 0) is 31.0 Å². The number of ether oxygens (including phenoxy) is 1. The van der Waals surface area contributed by atoms with Gasteiger partial charge in [0.2, 0.25) is 5.91 Å². The number of benzene rings is 1. The van der Waals surface area contributed by atoms with E-state index in [1.807, 2.05) is 29.2 Å². The lowest BCUT2D eigenvalue weighted by Gasteiger charge is -2.40. The van der Waals surface area contributed by atoms with E-state index in [1.165, 1.54) is 12.3 Å². The monoisotopic (exact) mass is 425 g/mol. The van der Waals surface area contributed by atoms with Crippen molar-refractivity contribution in [2.45, 2.75) is 12.8 Å². The molecule has 164 valence electrons. The van der Waals surface area contributed by atoms with Gasteiger partial charge in [0.15, 0.2) is 0 Å². The average molecular weight is 425 g/mol. The molecule has 0 bridgehead atoms. The van der Waals surface area contributed by atoms with Crippen LogP contribution in [0, 0.1) is 16.0 Å². The van der Waals surface area contributed by atoms with Crippen molar-refractivity contribution < 1.29 is 14.5 Å². The Hall–Kier alpha value is -3.36. The number of rotatable bonds is 5. The van der Waals surface area contributed by atoms with Crippen LogP contribution in [0.25, 0.3) is 0 Å². The molecular formula is C22H27N5O4. The first kappa shape index (κ1) is 20.9. The summed E-state index contributed by atoms with van der Waals surface area (Å²) in [4.78, 5) is 34.1. The molecule has 0 saturated carbocycles. The summed E-state index contributed by atoms with van der Waals surface area (Å²) >= 11 is 0. The molecule has 2 aliphatic rings. The Labute approximate surface area is 181 Å². The minimum absolute atomic E-state index is 0.0266. The summed E-state index contributed by atoms with van der Waals surface area (Å²) in [5.41, 5.74) is 1.03. The highest BCUT2D eigenvalue weighted by Gasteiger charge is 2.32. The van der Waals surface area contributed by atoms with Gasteiger partial charge in [-0.1, -0.05) is 12.1 Å². The maximum Gasteiger partial charge on any atom is 0.287 e. The Morgan fingerprint density at radius 2 is 1.87 bits per heavy atom. The molecule has 1 aromatic carbocycles. The summed E-state index contributed by atoms with van der Waals surface area (Å²) in [6.45, 7) is 4.30. The van der Waals surface area contributed by atoms with Gasteiger partial charge in [-0.25, -0.2) is 4.98 Å².